The predicted molar refractivity (Wildman–Crippen MR) is 85.6 cm³/mol. The van der Waals surface area contributed by atoms with Gasteiger partial charge in [0, 0.05) is 5.56 Å². The predicted octanol–water partition coefficient (Wildman–Crippen LogP) is 1.69. The molecule has 0 bridgehead atoms. The maximum absolute atomic E-state index is 10.4. The van der Waals surface area contributed by atoms with Crippen molar-refractivity contribution in [2.45, 2.75) is 37.0 Å². The Morgan fingerprint density at radius 3 is 2.58 bits per heavy atom. The zero-order chi connectivity index (χ0) is 16.5. The minimum absolute atomic E-state index is 0.248. The van der Waals surface area contributed by atoms with Crippen molar-refractivity contribution < 1.29 is 29.2 Å². The molecule has 24 heavy (non-hydrogen) atoms. The highest BCUT2D eigenvalue weighted by atomic mass is 32.1. The fourth-order valence-electron chi connectivity index (χ4n) is 2.90. The summed E-state index contributed by atoms with van der Waals surface area (Å²) < 4.78 is 22.9. The van der Waals surface area contributed by atoms with Crippen LogP contribution in [0.4, 0.5) is 0 Å². The van der Waals surface area contributed by atoms with Crippen molar-refractivity contribution in [3.05, 3.63) is 53.4 Å². The molecular weight excluding hydrogens is 332 g/mol. The van der Waals surface area contributed by atoms with E-state index in [1.54, 1.807) is 6.07 Å². The molecule has 2 aromatic rings. The summed E-state index contributed by atoms with van der Waals surface area (Å²) in [6, 6.07) is 13.1. The van der Waals surface area contributed by atoms with Crippen molar-refractivity contribution >= 4 is 11.3 Å². The summed E-state index contributed by atoms with van der Waals surface area (Å²) >= 11 is 1.39. The Bertz CT molecular complexity index is 646. The molecule has 2 fully saturated rings. The van der Waals surface area contributed by atoms with Crippen LogP contribution in [0.5, 0.6) is 5.06 Å². The van der Waals surface area contributed by atoms with Gasteiger partial charge in [-0.25, -0.2) is 0 Å². The van der Waals surface area contributed by atoms with Gasteiger partial charge in [-0.15, -0.1) is 11.3 Å². The molecule has 6 nitrogen and oxygen atoms in total. The van der Waals surface area contributed by atoms with Gasteiger partial charge in [0.2, 0.25) is 6.29 Å². The number of aliphatic hydroxyl groups excluding tert-OH is 2. The van der Waals surface area contributed by atoms with E-state index in [-0.39, 0.29) is 6.61 Å². The van der Waals surface area contributed by atoms with Gasteiger partial charge in [0.05, 0.1) is 6.61 Å². The molecular formula is C17H18O6S. The molecule has 0 spiro atoms. The molecule has 0 radical (unpaired) electrons. The summed E-state index contributed by atoms with van der Waals surface area (Å²) in [7, 11) is 0. The topological polar surface area (TPSA) is 77.4 Å². The summed E-state index contributed by atoms with van der Waals surface area (Å²) in [6.45, 7) is 0.248. The van der Waals surface area contributed by atoms with Crippen molar-refractivity contribution in [1.82, 2.24) is 0 Å². The Labute approximate surface area is 143 Å². The quantitative estimate of drug-likeness (QED) is 0.877. The maximum Gasteiger partial charge on any atom is 0.230 e. The van der Waals surface area contributed by atoms with Crippen molar-refractivity contribution in [3.63, 3.8) is 0 Å². The van der Waals surface area contributed by atoms with E-state index in [4.69, 9.17) is 18.9 Å². The Hall–Kier alpha value is -1.48. The monoisotopic (exact) mass is 350 g/mol. The molecule has 2 saturated heterocycles. The van der Waals surface area contributed by atoms with Crippen LogP contribution in [0.15, 0.2) is 47.8 Å². The molecule has 0 saturated carbocycles. The van der Waals surface area contributed by atoms with E-state index in [1.807, 2.05) is 41.8 Å². The molecule has 0 amide bonds. The van der Waals surface area contributed by atoms with Gasteiger partial charge in [-0.1, -0.05) is 30.3 Å². The fraction of sp³-hybridized carbons (Fsp3) is 0.412. The first kappa shape index (κ1) is 16.0. The van der Waals surface area contributed by atoms with Gasteiger partial charge < -0.3 is 29.2 Å². The molecule has 128 valence electrons. The van der Waals surface area contributed by atoms with Crippen molar-refractivity contribution in [2.75, 3.05) is 6.61 Å². The van der Waals surface area contributed by atoms with E-state index in [1.165, 1.54) is 11.3 Å². The Balaban J connectivity index is 1.46. The van der Waals surface area contributed by atoms with Crippen LogP contribution in [0.2, 0.25) is 0 Å². The molecule has 0 aliphatic carbocycles. The molecule has 3 heterocycles. The van der Waals surface area contributed by atoms with Crippen LogP contribution in [0.3, 0.4) is 0 Å². The average Bonchev–Trinajstić information content (AvgIpc) is 3.13. The third kappa shape index (κ3) is 3.06. The van der Waals surface area contributed by atoms with Crippen LogP contribution in [-0.4, -0.2) is 47.5 Å². The number of hydrogen-bond donors (Lipinski definition) is 2. The summed E-state index contributed by atoms with van der Waals surface area (Å²) in [4.78, 5) is 0. The van der Waals surface area contributed by atoms with Crippen LogP contribution in [0.1, 0.15) is 11.9 Å². The van der Waals surface area contributed by atoms with E-state index in [0.29, 0.717) is 5.06 Å². The van der Waals surface area contributed by atoms with Gasteiger partial charge in [-0.05, 0) is 17.5 Å². The van der Waals surface area contributed by atoms with Crippen molar-refractivity contribution in [2.24, 2.45) is 0 Å². The van der Waals surface area contributed by atoms with Crippen LogP contribution < -0.4 is 4.74 Å². The van der Waals surface area contributed by atoms with E-state index in [9.17, 15) is 10.2 Å². The van der Waals surface area contributed by atoms with E-state index in [2.05, 4.69) is 0 Å². The van der Waals surface area contributed by atoms with E-state index >= 15 is 0 Å². The SMILES string of the molecule is O[C@@H]1[C@@H](O)[C@H](Oc2cccs2)O[C@@H]2COC(c3ccccc3)O[C@H]12. The summed E-state index contributed by atoms with van der Waals surface area (Å²) in [5, 5.41) is 23.2. The van der Waals surface area contributed by atoms with Gasteiger partial charge in [0.25, 0.3) is 0 Å². The van der Waals surface area contributed by atoms with E-state index < -0.39 is 37.0 Å². The second kappa shape index (κ2) is 6.79. The first-order valence-electron chi connectivity index (χ1n) is 7.76. The standard InChI is InChI=1S/C17H18O6S/c18-13-14(19)17(22-12-7-4-8-24-12)21-11-9-20-16(23-15(11)13)10-5-2-1-3-6-10/h1-8,11,13-19H,9H2/t11-,13-,14-,15+,16?,17+/m1/s1. The fourth-order valence-corrected chi connectivity index (χ4v) is 3.50. The highest BCUT2D eigenvalue weighted by Crippen LogP contribution is 2.35. The lowest BCUT2D eigenvalue weighted by molar-refractivity contribution is -0.349. The molecule has 1 aromatic carbocycles. The average molecular weight is 350 g/mol. The number of rotatable bonds is 3. The largest absolute Gasteiger partial charge is 0.452 e. The highest BCUT2D eigenvalue weighted by Gasteiger charge is 2.49. The number of benzene rings is 1. The van der Waals surface area contributed by atoms with Crippen LogP contribution in [0, 0.1) is 0 Å². The van der Waals surface area contributed by atoms with Gasteiger partial charge >= 0.3 is 0 Å². The number of fused-ring (bicyclic) bond motifs is 1. The maximum atomic E-state index is 10.4. The number of aliphatic hydroxyl groups is 2. The summed E-state index contributed by atoms with van der Waals surface area (Å²) in [5.74, 6) is 0. The zero-order valence-corrected chi connectivity index (χ0v) is 13.5. The summed E-state index contributed by atoms with van der Waals surface area (Å²) in [5.41, 5.74) is 0.856. The Morgan fingerprint density at radius 2 is 1.83 bits per heavy atom. The molecule has 2 aliphatic heterocycles. The first-order valence-corrected chi connectivity index (χ1v) is 8.64. The van der Waals surface area contributed by atoms with Gasteiger partial charge in [-0.2, -0.15) is 0 Å². The second-order valence-electron chi connectivity index (χ2n) is 5.75. The number of ether oxygens (including phenoxy) is 4. The minimum Gasteiger partial charge on any atom is -0.452 e. The molecule has 4 rings (SSSR count). The minimum atomic E-state index is -1.21. The zero-order valence-electron chi connectivity index (χ0n) is 12.7. The summed E-state index contributed by atoms with van der Waals surface area (Å²) in [6.07, 6.45) is -5.06. The van der Waals surface area contributed by atoms with Gasteiger partial charge in [0.1, 0.15) is 24.4 Å². The lowest BCUT2D eigenvalue weighted by atomic mass is 9.98. The lowest BCUT2D eigenvalue weighted by Gasteiger charge is -2.45. The molecule has 1 unspecified atom stereocenters. The van der Waals surface area contributed by atoms with Gasteiger partial charge in [0.15, 0.2) is 11.4 Å². The third-order valence-electron chi connectivity index (χ3n) is 4.13. The first-order chi connectivity index (χ1) is 11.7. The van der Waals surface area contributed by atoms with Crippen LogP contribution in [0.25, 0.3) is 0 Å². The van der Waals surface area contributed by atoms with Crippen molar-refractivity contribution in [1.29, 1.82) is 0 Å². The number of thiophene rings is 1. The smallest absolute Gasteiger partial charge is 0.230 e. The molecule has 2 N–H and O–H groups in total. The van der Waals surface area contributed by atoms with Gasteiger partial charge in [-0.3, -0.25) is 0 Å². The third-order valence-corrected chi connectivity index (χ3v) is 4.89. The Kier molecular flexibility index (Phi) is 4.53. The van der Waals surface area contributed by atoms with Crippen LogP contribution in [-0.2, 0) is 14.2 Å². The Morgan fingerprint density at radius 1 is 1.00 bits per heavy atom. The van der Waals surface area contributed by atoms with E-state index in [0.717, 1.165) is 5.56 Å². The molecule has 2 aliphatic rings. The van der Waals surface area contributed by atoms with Crippen molar-refractivity contribution in [3.8, 4) is 5.06 Å². The van der Waals surface area contributed by atoms with Crippen LogP contribution >= 0.6 is 11.3 Å². The molecule has 1 aromatic heterocycles. The molecule has 7 heteroatoms. The highest BCUT2D eigenvalue weighted by molar-refractivity contribution is 7.11. The number of hydrogen-bond acceptors (Lipinski definition) is 7. The second-order valence-corrected chi connectivity index (χ2v) is 6.66. The lowest BCUT2D eigenvalue weighted by Crippen LogP contribution is -2.62. The normalized spacial score (nSPS) is 36.1. The molecule has 6 atom stereocenters.